The second-order valence-electron chi connectivity index (χ2n) is 4.50. The van der Waals surface area contributed by atoms with E-state index in [1.165, 1.54) is 0 Å². The highest BCUT2D eigenvalue weighted by Gasteiger charge is 2.26. The van der Waals surface area contributed by atoms with Gasteiger partial charge in [-0.1, -0.05) is 18.5 Å². The number of ether oxygens (including phenoxy) is 1. The Bertz CT molecular complexity index is 399. The molecule has 1 aliphatic heterocycles. The van der Waals surface area contributed by atoms with Gasteiger partial charge in [0.2, 0.25) is 0 Å². The molecule has 0 N–H and O–H groups in total. The minimum atomic E-state index is -0.385. The quantitative estimate of drug-likeness (QED) is 0.839. The van der Waals surface area contributed by atoms with Gasteiger partial charge in [-0.05, 0) is 43.5 Å². The largest absolute Gasteiger partial charge is 0.481 e. The summed E-state index contributed by atoms with van der Waals surface area (Å²) in [5.41, 5.74) is 0. The van der Waals surface area contributed by atoms with Gasteiger partial charge in [0, 0.05) is 18.1 Å². The fraction of sp³-hybridized carbons (Fsp3) is 0.500. The summed E-state index contributed by atoms with van der Waals surface area (Å²) in [6.07, 6.45) is 2.49. The summed E-state index contributed by atoms with van der Waals surface area (Å²) in [5.74, 6) is 0.795. The number of hydrogen-bond acceptors (Lipinski definition) is 2. The van der Waals surface area contributed by atoms with E-state index in [4.69, 9.17) is 16.3 Å². The number of rotatable bonds is 4. The lowest BCUT2D eigenvalue weighted by Crippen LogP contribution is -2.40. The molecule has 4 heteroatoms. The lowest BCUT2D eigenvalue weighted by molar-refractivity contribution is -0.137. The molecule has 0 saturated carbocycles. The van der Waals surface area contributed by atoms with Crippen LogP contribution in [0.1, 0.15) is 26.2 Å². The van der Waals surface area contributed by atoms with Gasteiger partial charge in [-0.25, -0.2) is 0 Å². The minimum Gasteiger partial charge on any atom is -0.481 e. The van der Waals surface area contributed by atoms with E-state index in [0.717, 1.165) is 25.9 Å². The molecule has 98 valence electrons. The molecule has 0 radical (unpaired) electrons. The predicted octanol–water partition coefficient (Wildman–Crippen LogP) is 3.12. The fourth-order valence-corrected chi connectivity index (χ4v) is 2.25. The molecule has 18 heavy (non-hydrogen) atoms. The molecule has 0 bridgehead atoms. The van der Waals surface area contributed by atoms with Crippen LogP contribution in [0.2, 0.25) is 5.02 Å². The van der Waals surface area contributed by atoms with Gasteiger partial charge in [-0.15, -0.1) is 0 Å². The van der Waals surface area contributed by atoms with Crippen molar-refractivity contribution in [1.82, 2.24) is 4.90 Å². The molecule has 3 nitrogen and oxygen atoms in total. The normalized spacial score (nSPS) is 16.7. The third-order valence-corrected chi connectivity index (χ3v) is 3.41. The van der Waals surface area contributed by atoms with Crippen LogP contribution in [0.15, 0.2) is 24.3 Å². The highest BCUT2D eigenvalue weighted by molar-refractivity contribution is 6.30. The number of benzene rings is 1. The average Bonchev–Trinajstić information content (AvgIpc) is 2.91. The van der Waals surface area contributed by atoms with Gasteiger partial charge in [0.1, 0.15) is 5.75 Å². The standard InChI is InChI=1S/C14H18ClNO2/c1-2-13(14(17)16-9-3-4-10-16)18-12-7-5-11(15)6-8-12/h5-8,13H,2-4,9-10H2,1H3. The van der Waals surface area contributed by atoms with Crippen LogP contribution in [0, 0.1) is 0 Å². The highest BCUT2D eigenvalue weighted by Crippen LogP contribution is 2.19. The maximum Gasteiger partial charge on any atom is 0.263 e. The van der Waals surface area contributed by atoms with E-state index in [0.29, 0.717) is 17.2 Å². The maximum absolute atomic E-state index is 12.2. The lowest BCUT2D eigenvalue weighted by atomic mass is 10.2. The number of hydrogen-bond donors (Lipinski definition) is 0. The summed E-state index contributed by atoms with van der Waals surface area (Å²) in [7, 11) is 0. The molecule has 1 heterocycles. The van der Waals surface area contributed by atoms with Crippen LogP contribution in [-0.4, -0.2) is 30.0 Å². The van der Waals surface area contributed by atoms with Crippen molar-refractivity contribution in [3.05, 3.63) is 29.3 Å². The molecular weight excluding hydrogens is 250 g/mol. The first-order valence-corrected chi connectivity index (χ1v) is 6.79. The number of nitrogens with zero attached hydrogens (tertiary/aromatic N) is 1. The molecule has 0 aliphatic carbocycles. The predicted molar refractivity (Wildman–Crippen MR) is 72.0 cm³/mol. The first-order valence-electron chi connectivity index (χ1n) is 6.41. The summed E-state index contributed by atoms with van der Waals surface area (Å²) in [4.78, 5) is 14.1. The zero-order valence-electron chi connectivity index (χ0n) is 10.6. The van der Waals surface area contributed by atoms with E-state index < -0.39 is 0 Å². The first kappa shape index (κ1) is 13.2. The molecule has 1 fully saturated rings. The number of carbonyl (C=O) groups is 1. The molecule has 2 rings (SSSR count). The number of amides is 1. The third kappa shape index (κ3) is 3.16. The van der Waals surface area contributed by atoms with Crippen LogP contribution < -0.4 is 4.74 Å². The zero-order chi connectivity index (χ0) is 13.0. The lowest BCUT2D eigenvalue weighted by Gasteiger charge is -2.23. The number of halogens is 1. The Labute approximate surface area is 113 Å². The van der Waals surface area contributed by atoms with Gasteiger partial charge < -0.3 is 9.64 Å². The molecule has 1 aromatic carbocycles. The van der Waals surface area contributed by atoms with Crippen LogP contribution >= 0.6 is 11.6 Å². The molecule has 1 unspecified atom stereocenters. The summed E-state index contributed by atoms with van der Waals surface area (Å²) in [6.45, 7) is 3.69. The Morgan fingerprint density at radius 2 is 1.94 bits per heavy atom. The van der Waals surface area contributed by atoms with Crippen molar-refractivity contribution in [3.63, 3.8) is 0 Å². The first-order chi connectivity index (χ1) is 8.70. The second kappa shape index (κ2) is 6.10. The van der Waals surface area contributed by atoms with E-state index in [-0.39, 0.29) is 12.0 Å². The molecule has 1 aromatic rings. The summed E-state index contributed by atoms with van der Waals surface area (Å²) >= 11 is 5.82. The molecular formula is C14H18ClNO2. The summed E-state index contributed by atoms with van der Waals surface area (Å²) in [5, 5.41) is 0.668. The van der Waals surface area contributed by atoms with Crippen molar-refractivity contribution in [2.45, 2.75) is 32.3 Å². The Hall–Kier alpha value is -1.22. The Morgan fingerprint density at radius 3 is 2.50 bits per heavy atom. The molecule has 0 spiro atoms. The van der Waals surface area contributed by atoms with Gasteiger partial charge in [-0.2, -0.15) is 0 Å². The van der Waals surface area contributed by atoms with E-state index in [1.54, 1.807) is 24.3 Å². The van der Waals surface area contributed by atoms with E-state index in [9.17, 15) is 4.79 Å². The minimum absolute atomic E-state index is 0.102. The van der Waals surface area contributed by atoms with E-state index in [1.807, 2.05) is 11.8 Å². The van der Waals surface area contributed by atoms with Gasteiger partial charge in [0.15, 0.2) is 6.10 Å². The molecule has 0 aromatic heterocycles. The topological polar surface area (TPSA) is 29.5 Å². The highest BCUT2D eigenvalue weighted by atomic mass is 35.5. The van der Waals surface area contributed by atoms with Crippen molar-refractivity contribution >= 4 is 17.5 Å². The van der Waals surface area contributed by atoms with Crippen LogP contribution in [0.5, 0.6) is 5.75 Å². The van der Waals surface area contributed by atoms with E-state index >= 15 is 0 Å². The smallest absolute Gasteiger partial charge is 0.263 e. The monoisotopic (exact) mass is 267 g/mol. The summed E-state index contributed by atoms with van der Waals surface area (Å²) < 4.78 is 5.74. The van der Waals surface area contributed by atoms with Crippen LogP contribution in [0.4, 0.5) is 0 Å². The van der Waals surface area contributed by atoms with Crippen LogP contribution in [0.3, 0.4) is 0 Å². The molecule has 1 atom stereocenters. The SMILES string of the molecule is CCC(Oc1ccc(Cl)cc1)C(=O)N1CCCC1. The van der Waals surface area contributed by atoms with Crippen molar-refractivity contribution in [2.24, 2.45) is 0 Å². The Kier molecular flexibility index (Phi) is 4.48. The van der Waals surface area contributed by atoms with Crippen LogP contribution in [0.25, 0.3) is 0 Å². The zero-order valence-corrected chi connectivity index (χ0v) is 11.3. The third-order valence-electron chi connectivity index (χ3n) is 3.16. The molecule has 1 amide bonds. The van der Waals surface area contributed by atoms with Crippen molar-refractivity contribution in [1.29, 1.82) is 0 Å². The van der Waals surface area contributed by atoms with Crippen LogP contribution in [-0.2, 0) is 4.79 Å². The van der Waals surface area contributed by atoms with E-state index in [2.05, 4.69) is 0 Å². The number of carbonyl (C=O) groups excluding carboxylic acids is 1. The van der Waals surface area contributed by atoms with Crippen molar-refractivity contribution in [2.75, 3.05) is 13.1 Å². The molecule has 1 aliphatic rings. The van der Waals surface area contributed by atoms with Gasteiger partial charge in [0.25, 0.3) is 5.91 Å². The van der Waals surface area contributed by atoms with Gasteiger partial charge >= 0.3 is 0 Å². The number of likely N-dealkylation sites (tertiary alicyclic amines) is 1. The Morgan fingerprint density at radius 1 is 1.33 bits per heavy atom. The fourth-order valence-electron chi connectivity index (χ4n) is 2.13. The van der Waals surface area contributed by atoms with Crippen molar-refractivity contribution < 1.29 is 9.53 Å². The van der Waals surface area contributed by atoms with Crippen molar-refractivity contribution in [3.8, 4) is 5.75 Å². The van der Waals surface area contributed by atoms with Gasteiger partial charge in [-0.3, -0.25) is 4.79 Å². The maximum atomic E-state index is 12.2. The molecule has 1 saturated heterocycles. The van der Waals surface area contributed by atoms with Gasteiger partial charge in [0.05, 0.1) is 0 Å². The Balaban J connectivity index is 2.00. The summed E-state index contributed by atoms with van der Waals surface area (Å²) in [6, 6.07) is 7.12. The second-order valence-corrected chi connectivity index (χ2v) is 4.94. The average molecular weight is 268 g/mol.